The number of anilines is 2. The molecule has 32 heavy (non-hydrogen) atoms. The molecule has 2 N–H and O–H groups in total. The Morgan fingerprint density at radius 2 is 1.88 bits per heavy atom. The molecule has 9 heteroatoms. The van der Waals surface area contributed by atoms with Crippen LogP contribution < -0.4 is 15.6 Å². The van der Waals surface area contributed by atoms with Gasteiger partial charge in [-0.3, -0.25) is 4.79 Å². The summed E-state index contributed by atoms with van der Waals surface area (Å²) < 4.78 is 7.07. The zero-order valence-electron chi connectivity index (χ0n) is 18.2. The Kier molecular flexibility index (Phi) is 4.54. The lowest BCUT2D eigenvalue weighted by atomic mass is 9.85. The van der Waals surface area contributed by atoms with E-state index in [0.29, 0.717) is 28.6 Å². The number of methoxy groups -OCH3 is 1. The molecule has 0 saturated carbocycles. The zero-order chi connectivity index (χ0) is 22.5. The Labute approximate surface area is 184 Å². The number of aromatic nitrogens is 6. The maximum Gasteiger partial charge on any atom is 0.288 e. The van der Waals surface area contributed by atoms with Gasteiger partial charge < -0.3 is 10.1 Å². The normalized spacial score (nSPS) is 14.9. The van der Waals surface area contributed by atoms with Crippen molar-refractivity contribution >= 4 is 11.6 Å². The van der Waals surface area contributed by atoms with Crippen LogP contribution in [0.4, 0.5) is 11.6 Å². The Hall–Kier alpha value is -4.01. The maximum atomic E-state index is 12.8. The number of nitrogens with zero attached hydrogens (tertiary/aromatic N) is 5. The third-order valence-electron chi connectivity index (χ3n) is 5.70. The smallest absolute Gasteiger partial charge is 0.288 e. The number of tetrazole rings is 1. The summed E-state index contributed by atoms with van der Waals surface area (Å²) in [6, 6.07) is 15.5. The van der Waals surface area contributed by atoms with Crippen LogP contribution in [0.15, 0.2) is 53.3 Å². The fourth-order valence-electron chi connectivity index (χ4n) is 4.00. The average Bonchev–Trinajstić information content (AvgIpc) is 3.26. The molecule has 1 atom stereocenters. The second-order valence-electron chi connectivity index (χ2n) is 8.77. The molecule has 162 valence electrons. The molecule has 0 aliphatic carbocycles. The Balaban J connectivity index is 1.75. The van der Waals surface area contributed by atoms with Crippen molar-refractivity contribution in [2.24, 2.45) is 0 Å². The van der Waals surface area contributed by atoms with E-state index in [9.17, 15) is 4.79 Å². The number of benzene rings is 2. The molecular weight excluding hydrogens is 406 g/mol. The molecule has 5 rings (SSSR count). The molecule has 1 aliphatic rings. The molecule has 0 spiro atoms. The third kappa shape index (κ3) is 3.22. The van der Waals surface area contributed by atoms with Crippen LogP contribution in [0.1, 0.15) is 43.5 Å². The first-order valence-corrected chi connectivity index (χ1v) is 10.3. The lowest BCUT2D eigenvalue weighted by molar-refractivity contribution is 0.415. The predicted molar refractivity (Wildman–Crippen MR) is 120 cm³/mol. The molecule has 2 aromatic heterocycles. The summed E-state index contributed by atoms with van der Waals surface area (Å²) in [5.41, 5.74) is 4.36. The minimum atomic E-state index is -0.429. The second-order valence-corrected chi connectivity index (χ2v) is 8.77. The number of fused-ring (bicyclic) bond motifs is 2. The van der Waals surface area contributed by atoms with Crippen molar-refractivity contribution in [1.82, 2.24) is 30.4 Å². The minimum Gasteiger partial charge on any atom is -0.497 e. The monoisotopic (exact) mass is 429 g/mol. The zero-order valence-corrected chi connectivity index (χ0v) is 18.2. The quantitative estimate of drug-likeness (QED) is 0.452. The highest BCUT2D eigenvalue weighted by molar-refractivity contribution is 5.76. The van der Waals surface area contributed by atoms with E-state index in [1.165, 1.54) is 5.56 Å². The van der Waals surface area contributed by atoms with Crippen molar-refractivity contribution in [3.63, 3.8) is 0 Å². The maximum absolute atomic E-state index is 12.8. The van der Waals surface area contributed by atoms with Gasteiger partial charge in [0.1, 0.15) is 17.5 Å². The van der Waals surface area contributed by atoms with Crippen molar-refractivity contribution in [2.45, 2.75) is 32.2 Å². The van der Waals surface area contributed by atoms with E-state index >= 15 is 0 Å². The SMILES string of the molecule is COc1cccc(-c2n[nH]c(=O)c3c2C(c2ccc(C(C)(C)C)cc2)n2nnnc2N3)c1. The first kappa shape index (κ1) is 19.9. The van der Waals surface area contributed by atoms with Gasteiger partial charge in [-0.05, 0) is 39.1 Å². The number of rotatable bonds is 3. The highest BCUT2D eigenvalue weighted by Gasteiger charge is 2.34. The van der Waals surface area contributed by atoms with Gasteiger partial charge in [0, 0.05) is 11.1 Å². The van der Waals surface area contributed by atoms with Crippen LogP contribution in [0.25, 0.3) is 11.3 Å². The number of nitrogens with one attached hydrogen (secondary N) is 2. The van der Waals surface area contributed by atoms with Gasteiger partial charge in [0.15, 0.2) is 0 Å². The summed E-state index contributed by atoms with van der Waals surface area (Å²) in [5, 5.41) is 22.2. The van der Waals surface area contributed by atoms with Gasteiger partial charge in [0.25, 0.3) is 5.56 Å². The summed E-state index contributed by atoms with van der Waals surface area (Å²) in [5.74, 6) is 1.10. The Bertz CT molecular complexity index is 1350. The summed E-state index contributed by atoms with van der Waals surface area (Å²) in [7, 11) is 1.61. The van der Waals surface area contributed by atoms with Crippen molar-refractivity contribution in [3.8, 4) is 17.0 Å². The van der Waals surface area contributed by atoms with Crippen molar-refractivity contribution in [1.29, 1.82) is 0 Å². The highest BCUT2D eigenvalue weighted by atomic mass is 16.5. The van der Waals surface area contributed by atoms with Gasteiger partial charge in [-0.1, -0.05) is 62.3 Å². The molecule has 0 fully saturated rings. The van der Waals surface area contributed by atoms with Crippen molar-refractivity contribution in [3.05, 3.63) is 75.6 Å². The van der Waals surface area contributed by atoms with Crippen LogP contribution in [0.3, 0.4) is 0 Å². The Morgan fingerprint density at radius 1 is 1.09 bits per heavy atom. The average molecular weight is 429 g/mol. The van der Waals surface area contributed by atoms with Crippen LogP contribution in [-0.4, -0.2) is 37.5 Å². The largest absolute Gasteiger partial charge is 0.497 e. The molecule has 0 saturated heterocycles. The van der Waals surface area contributed by atoms with Crippen LogP contribution in [-0.2, 0) is 5.41 Å². The van der Waals surface area contributed by atoms with Gasteiger partial charge in [-0.15, -0.1) is 0 Å². The fourth-order valence-corrected chi connectivity index (χ4v) is 4.00. The summed E-state index contributed by atoms with van der Waals surface area (Å²) in [4.78, 5) is 12.8. The van der Waals surface area contributed by atoms with Crippen LogP contribution in [0.5, 0.6) is 5.75 Å². The summed E-state index contributed by atoms with van der Waals surface area (Å²) in [6.45, 7) is 6.52. The third-order valence-corrected chi connectivity index (χ3v) is 5.70. The van der Waals surface area contributed by atoms with E-state index in [0.717, 1.165) is 11.1 Å². The number of hydrogen-bond acceptors (Lipinski definition) is 7. The Morgan fingerprint density at radius 3 is 2.59 bits per heavy atom. The molecule has 0 bridgehead atoms. The van der Waals surface area contributed by atoms with E-state index < -0.39 is 6.04 Å². The topological polar surface area (TPSA) is 111 Å². The van der Waals surface area contributed by atoms with E-state index in [4.69, 9.17) is 4.74 Å². The van der Waals surface area contributed by atoms with Crippen LogP contribution >= 0.6 is 0 Å². The predicted octanol–water partition coefficient (Wildman–Crippen LogP) is 3.42. The van der Waals surface area contributed by atoms with Crippen molar-refractivity contribution < 1.29 is 4.74 Å². The van der Waals surface area contributed by atoms with Crippen LogP contribution in [0.2, 0.25) is 0 Å². The lowest BCUT2D eigenvalue weighted by Crippen LogP contribution is -2.29. The van der Waals surface area contributed by atoms with Gasteiger partial charge in [-0.25, -0.2) is 5.10 Å². The van der Waals surface area contributed by atoms with Gasteiger partial charge in [0.05, 0.1) is 12.8 Å². The van der Waals surface area contributed by atoms with Gasteiger partial charge in [0.2, 0.25) is 5.95 Å². The summed E-state index contributed by atoms with van der Waals surface area (Å²) in [6.07, 6.45) is 0. The van der Waals surface area contributed by atoms with Crippen molar-refractivity contribution in [2.75, 3.05) is 12.4 Å². The van der Waals surface area contributed by atoms with E-state index in [-0.39, 0.29) is 11.0 Å². The molecule has 0 amide bonds. The number of aromatic amines is 1. The van der Waals surface area contributed by atoms with Gasteiger partial charge >= 0.3 is 0 Å². The molecule has 9 nitrogen and oxygen atoms in total. The molecule has 3 heterocycles. The lowest BCUT2D eigenvalue weighted by Gasteiger charge is -2.28. The first-order chi connectivity index (χ1) is 15.4. The molecule has 4 aromatic rings. The highest BCUT2D eigenvalue weighted by Crippen LogP contribution is 2.41. The number of H-pyrrole nitrogens is 1. The van der Waals surface area contributed by atoms with Gasteiger partial charge in [-0.2, -0.15) is 9.78 Å². The van der Waals surface area contributed by atoms with E-state index in [1.54, 1.807) is 11.8 Å². The van der Waals surface area contributed by atoms with E-state index in [2.05, 4.69) is 76.1 Å². The standard InChI is InChI=1S/C23H23N7O2/c1-23(2,3)15-10-8-13(9-11-15)20-17-18(14-6-5-7-16(12-14)32-4)25-26-21(31)19(17)24-22-27-28-29-30(20)22/h5-12,20H,1-4H3,(H,26,31)(H,24,27,29). The minimum absolute atomic E-state index is 0.0228. The second kappa shape index (κ2) is 7.30. The van der Waals surface area contributed by atoms with Crippen LogP contribution in [0, 0.1) is 0 Å². The fraction of sp³-hybridized carbons (Fsp3) is 0.261. The molecule has 1 aliphatic heterocycles. The first-order valence-electron chi connectivity index (χ1n) is 10.3. The molecule has 1 unspecified atom stereocenters. The number of hydrogen-bond donors (Lipinski definition) is 2. The molecule has 0 radical (unpaired) electrons. The number of ether oxygens (including phenoxy) is 1. The molecule has 2 aromatic carbocycles. The summed E-state index contributed by atoms with van der Waals surface area (Å²) >= 11 is 0. The van der Waals surface area contributed by atoms with E-state index in [1.807, 2.05) is 24.3 Å². The molecular formula is C23H23N7O2.